The highest BCUT2D eigenvalue weighted by Gasteiger charge is 2.22. The predicted octanol–water partition coefficient (Wildman–Crippen LogP) is 3.28. The highest BCUT2D eigenvalue weighted by atomic mass is 16.5. The number of benzene rings is 1. The van der Waals surface area contributed by atoms with Gasteiger partial charge in [0.15, 0.2) is 5.76 Å². The largest absolute Gasteiger partial charge is 0.460 e. The van der Waals surface area contributed by atoms with E-state index in [0.29, 0.717) is 43.3 Å². The molecule has 122 valence electrons. The van der Waals surface area contributed by atoms with Gasteiger partial charge in [-0.1, -0.05) is 18.2 Å². The molecule has 1 aliphatic rings. The van der Waals surface area contributed by atoms with Gasteiger partial charge in [0.1, 0.15) is 11.5 Å². The van der Waals surface area contributed by atoms with Crippen LogP contribution in [0.15, 0.2) is 46.9 Å². The lowest BCUT2D eigenvalue weighted by atomic mass is 10.1. The maximum atomic E-state index is 13.0. The Bertz CT molecular complexity index is 895. The Morgan fingerprint density at radius 3 is 2.67 bits per heavy atom. The van der Waals surface area contributed by atoms with Gasteiger partial charge >= 0.3 is 0 Å². The molecule has 0 aliphatic carbocycles. The number of pyridine rings is 1. The molecule has 1 fully saturated rings. The normalized spacial score (nSPS) is 15.0. The molecule has 1 amide bonds. The predicted molar refractivity (Wildman–Crippen MR) is 90.9 cm³/mol. The fourth-order valence-electron chi connectivity index (χ4n) is 2.99. The zero-order valence-electron chi connectivity index (χ0n) is 13.5. The Hall–Kier alpha value is -2.66. The average Bonchev–Trinajstić information content (AvgIpc) is 3.07. The van der Waals surface area contributed by atoms with E-state index in [1.54, 1.807) is 0 Å². The van der Waals surface area contributed by atoms with E-state index in [2.05, 4.69) is 4.98 Å². The molecule has 0 atom stereocenters. The molecule has 0 bridgehead atoms. The maximum absolute atomic E-state index is 13.0. The summed E-state index contributed by atoms with van der Waals surface area (Å²) in [7, 11) is 0. The highest BCUT2D eigenvalue weighted by Crippen LogP contribution is 2.27. The first-order valence-corrected chi connectivity index (χ1v) is 8.06. The van der Waals surface area contributed by atoms with E-state index >= 15 is 0 Å². The van der Waals surface area contributed by atoms with Crippen molar-refractivity contribution in [2.24, 2.45) is 0 Å². The number of carbonyl (C=O) groups excluding carboxylic acids is 1. The number of fused-ring (bicyclic) bond motifs is 1. The van der Waals surface area contributed by atoms with E-state index in [9.17, 15) is 4.79 Å². The lowest BCUT2D eigenvalue weighted by Gasteiger charge is -2.27. The third kappa shape index (κ3) is 2.67. The molecule has 0 spiro atoms. The van der Waals surface area contributed by atoms with Gasteiger partial charge in [0.25, 0.3) is 5.91 Å². The number of aryl methyl sites for hydroxylation is 1. The molecule has 4 rings (SSSR count). The van der Waals surface area contributed by atoms with Crippen LogP contribution < -0.4 is 0 Å². The second-order valence-electron chi connectivity index (χ2n) is 5.89. The summed E-state index contributed by atoms with van der Waals surface area (Å²) >= 11 is 0. The number of ether oxygens (including phenoxy) is 1. The number of amides is 1. The van der Waals surface area contributed by atoms with Gasteiger partial charge in [-0.15, -0.1) is 0 Å². The Morgan fingerprint density at radius 1 is 1.12 bits per heavy atom. The molecule has 0 radical (unpaired) electrons. The third-order valence-electron chi connectivity index (χ3n) is 4.24. The van der Waals surface area contributed by atoms with E-state index in [4.69, 9.17) is 9.15 Å². The summed E-state index contributed by atoms with van der Waals surface area (Å²) in [6, 6.07) is 13.3. The summed E-state index contributed by atoms with van der Waals surface area (Å²) in [5.41, 5.74) is 2.13. The maximum Gasteiger partial charge on any atom is 0.254 e. The fourth-order valence-corrected chi connectivity index (χ4v) is 2.99. The van der Waals surface area contributed by atoms with E-state index in [0.717, 1.165) is 16.7 Å². The highest BCUT2D eigenvalue weighted by molar-refractivity contribution is 6.07. The van der Waals surface area contributed by atoms with Gasteiger partial charge in [0.2, 0.25) is 0 Å². The lowest BCUT2D eigenvalue weighted by molar-refractivity contribution is 0.0304. The smallest absolute Gasteiger partial charge is 0.254 e. The van der Waals surface area contributed by atoms with Crippen molar-refractivity contribution in [1.82, 2.24) is 9.88 Å². The molecule has 24 heavy (non-hydrogen) atoms. The van der Waals surface area contributed by atoms with Crippen LogP contribution in [0, 0.1) is 6.92 Å². The molecular formula is C19H18N2O3. The molecule has 1 aliphatic heterocycles. The molecule has 1 saturated heterocycles. The van der Waals surface area contributed by atoms with Crippen molar-refractivity contribution in [3.8, 4) is 11.5 Å². The van der Waals surface area contributed by atoms with Crippen LogP contribution in [0.3, 0.4) is 0 Å². The monoisotopic (exact) mass is 322 g/mol. The SMILES string of the molecule is Cc1ccc(-c2cc(C(=O)N3CCOCC3)c3ccccc3n2)o1. The average molecular weight is 322 g/mol. The van der Waals surface area contributed by atoms with Crippen LogP contribution >= 0.6 is 0 Å². The summed E-state index contributed by atoms with van der Waals surface area (Å²) in [4.78, 5) is 19.5. The Morgan fingerprint density at radius 2 is 1.92 bits per heavy atom. The van der Waals surface area contributed by atoms with Crippen LogP contribution in [0.1, 0.15) is 16.1 Å². The minimum absolute atomic E-state index is 0.0152. The van der Waals surface area contributed by atoms with Crippen LogP contribution in [0.25, 0.3) is 22.4 Å². The Balaban J connectivity index is 1.84. The van der Waals surface area contributed by atoms with Crippen LogP contribution in [0.4, 0.5) is 0 Å². The van der Waals surface area contributed by atoms with Crippen molar-refractivity contribution >= 4 is 16.8 Å². The standard InChI is InChI=1S/C19H18N2O3/c1-13-6-7-18(24-13)17-12-15(14-4-2-3-5-16(14)20-17)19(22)21-8-10-23-11-9-21/h2-7,12H,8-11H2,1H3. The second kappa shape index (κ2) is 6.09. The van der Waals surface area contributed by atoms with Gasteiger partial charge in [-0.2, -0.15) is 0 Å². The number of morpholine rings is 1. The van der Waals surface area contributed by atoms with Gasteiger partial charge < -0.3 is 14.1 Å². The zero-order chi connectivity index (χ0) is 16.5. The van der Waals surface area contributed by atoms with E-state index in [1.165, 1.54) is 0 Å². The first-order chi connectivity index (χ1) is 11.7. The number of rotatable bonds is 2. The molecule has 0 saturated carbocycles. The number of carbonyl (C=O) groups is 1. The molecule has 2 aromatic heterocycles. The summed E-state index contributed by atoms with van der Waals surface area (Å²) in [5.74, 6) is 1.51. The summed E-state index contributed by atoms with van der Waals surface area (Å²) in [5, 5.41) is 0.862. The second-order valence-corrected chi connectivity index (χ2v) is 5.89. The van der Waals surface area contributed by atoms with Crippen LogP contribution in [0.5, 0.6) is 0 Å². The number of para-hydroxylation sites is 1. The first-order valence-electron chi connectivity index (χ1n) is 8.06. The van der Waals surface area contributed by atoms with Gasteiger partial charge in [0.05, 0.1) is 24.3 Å². The van der Waals surface area contributed by atoms with E-state index in [1.807, 2.05) is 54.3 Å². The Labute approximate surface area is 139 Å². The number of hydrogen-bond donors (Lipinski definition) is 0. The van der Waals surface area contributed by atoms with Crippen LogP contribution in [-0.4, -0.2) is 42.1 Å². The van der Waals surface area contributed by atoms with Crippen molar-refractivity contribution in [2.75, 3.05) is 26.3 Å². The summed E-state index contributed by atoms with van der Waals surface area (Å²) in [6.07, 6.45) is 0. The van der Waals surface area contributed by atoms with Gasteiger partial charge in [-0.25, -0.2) is 4.98 Å². The van der Waals surface area contributed by atoms with Gasteiger partial charge in [-0.05, 0) is 31.2 Å². The van der Waals surface area contributed by atoms with Crippen molar-refractivity contribution in [3.63, 3.8) is 0 Å². The topological polar surface area (TPSA) is 55.6 Å². The molecule has 1 aromatic carbocycles. The van der Waals surface area contributed by atoms with E-state index < -0.39 is 0 Å². The van der Waals surface area contributed by atoms with Gasteiger partial charge in [-0.3, -0.25) is 4.79 Å². The van der Waals surface area contributed by atoms with Crippen molar-refractivity contribution in [2.45, 2.75) is 6.92 Å². The van der Waals surface area contributed by atoms with Crippen LogP contribution in [-0.2, 0) is 4.74 Å². The van der Waals surface area contributed by atoms with Crippen molar-refractivity contribution in [3.05, 3.63) is 53.8 Å². The molecule has 5 heteroatoms. The number of furan rings is 1. The zero-order valence-corrected chi connectivity index (χ0v) is 13.5. The fraction of sp³-hybridized carbons (Fsp3) is 0.263. The minimum Gasteiger partial charge on any atom is -0.460 e. The Kier molecular flexibility index (Phi) is 3.78. The van der Waals surface area contributed by atoms with Crippen molar-refractivity contribution < 1.29 is 13.9 Å². The lowest BCUT2D eigenvalue weighted by Crippen LogP contribution is -2.40. The quantitative estimate of drug-likeness (QED) is 0.726. The number of hydrogen-bond acceptors (Lipinski definition) is 4. The molecule has 3 aromatic rings. The van der Waals surface area contributed by atoms with Crippen molar-refractivity contribution in [1.29, 1.82) is 0 Å². The molecular weight excluding hydrogens is 304 g/mol. The molecule has 3 heterocycles. The van der Waals surface area contributed by atoms with Crippen LogP contribution in [0.2, 0.25) is 0 Å². The summed E-state index contributed by atoms with van der Waals surface area (Å²) in [6.45, 7) is 4.29. The minimum atomic E-state index is 0.0152. The first kappa shape index (κ1) is 14.9. The molecule has 0 unspecified atom stereocenters. The molecule has 5 nitrogen and oxygen atoms in total. The number of nitrogens with zero attached hydrogens (tertiary/aromatic N) is 2. The van der Waals surface area contributed by atoms with Gasteiger partial charge in [0, 0.05) is 18.5 Å². The third-order valence-corrected chi connectivity index (χ3v) is 4.24. The number of aromatic nitrogens is 1. The van der Waals surface area contributed by atoms with E-state index in [-0.39, 0.29) is 5.91 Å². The summed E-state index contributed by atoms with van der Waals surface area (Å²) < 4.78 is 11.0. The molecule has 0 N–H and O–H groups in total.